The molecular formula is C32H38N2O12. The Morgan fingerprint density at radius 2 is 0.783 bits per heavy atom. The first-order valence-corrected chi connectivity index (χ1v) is 14.1. The zero-order valence-corrected chi connectivity index (χ0v) is 26.2. The molecule has 2 aromatic carbocycles. The third-order valence-corrected chi connectivity index (χ3v) is 6.25. The summed E-state index contributed by atoms with van der Waals surface area (Å²) >= 11 is 0. The molecule has 0 spiro atoms. The number of hydrogen-bond donors (Lipinski definition) is 0. The van der Waals surface area contributed by atoms with Crippen molar-refractivity contribution in [2.45, 2.75) is 0 Å². The number of amides is 2. The van der Waals surface area contributed by atoms with Gasteiger partial charge in [0.1, 0.15) is 11.5 Å². The van der Waals surface area contributed by atoms with Crippen LogP contribution in [-0.2, 0) is 38.1 Å². The summed E-state index contributed by atoms with van der Waals surface area (Å²) in [7, 11) is 5.94. The third kappa shape index (κ3) is 12.3. The van der Waals surface area contributed by atoms with Gasteiger partial charge in [-0.05, 0) is 48.5 Å². The van der Waals surface area contributed by atoms with Gasteiger partial charge in [-0.1, -0.05) is 0 Å². The van der Waals surface area contributed by atoms with Gasteiger partial charge in [0, 0.05) is 77.9 Å². The highest BCUT2D eigenvalue weighted by atomic mass is 16.5. The van der Waals surface area contributed by atoms with Crippen molar-refractivity contribution in [1.82, 2.24) is 9.80 Å². The Labute approximate surface area is 266 Å². The Bertz CT molecular complexity index is 1240. The van der Waals surface area contributed by atoms with Crippen LogP contribution in [0.2, 0.25) is 0 Å². The van der Waals surface area contributed by atoms with Crippen LogP contribution in [0.15, 0.2) is 60.7 Å². The lowest BCUT2D eigenvalue weighted by atomic mass is 10.1. The predicted molar refractivity (Wildman–Crippen MR) is 163 cm³/mol. The molecule has 2 amide bonds. The number of carbonyl (C=O) groups excluding carboxylic acids is 6. The first kappa shape index (κ1) is 37.4. The topological polar surface area (TPSA) is 164 Å². The van der Waals surface area contributed by atoms with Crippen LogP contribution < -0.4 is 9.47 Å². The minimum Gasteiger partial charge on any atom is -0.423 e. The quantitative estimate of drug-likeness (QED) is 0.0671. The Balaban J connectivity index is 1.92. The van der Waals surface area contributed by atoms with Crippen LogP contribution in [0.4, 0.5) is 0 Å². The van der Waals surface area contributed by atoms with Crippen molar-refractivity contribution in [3.8, 4) is 11.5 Å². The van der Waals surface area contributed by atoms with Crippen LogP contribution in [0.25, 0.3) is 0 Å². The van der Waals surface area contributed by atoms with Crippen LogP contribution >= 0.6 is 0 Å². The van der Waals surface area contributed by atoms with Crippen molar-refractivity contribution >= 4 is 35.3 Å². The normalized spacial score (nSPS) is 10.8. The molecule has 0 aliphatic carbocycles. The number of esters is 2. The number of methoxy groups -OCH3 is 4. The molecule has 14 heteroatoms. The third-order valence-electron chi connectivity index (χ3n) is 6.25. The second-order valence-corrected chi connectivity index (χ2v) is 9.44. The van der Waals surface area contributed by atoms with Crippen LogP contribution in [-0.4, -0.2) is 126 Å². The van der Waals surface area contributed by atoms with Gasteiger partial charge in [0.15, 0.2) is 0 Å². The lowest BCUT2D eigenvalue weighted by Crippen LogP contribution is -2.40. The van der Waals surface area contributed by atoms with Gasteiger partial charge in [-0.2, -0.15) is 0 Å². The molecule has 46 heavy (non-hydrogen) atoms. The van der Waals surface area contributed by atoms with Crippen molar-refractivity contribution in [2.24, 2.45) is 0 Å². The number of rotatable bonds is 20. The summed E-state index contributed by atoms with van der Waals surface area (Å²) in [4.78, 5) is 77.7. The Morgan fingerprint density at radius 1 is 0.500 bits per heavy atom. The molecule has 2 rings (SSSR count). The molecule has 0 N–H and O–H groups in total. The number of hydrogen-bond acceptors (Lipinski definition) is 12. The number of Topliss-reactive ketones (excluding diaryl/α,β-unsaturated/α-hetero) is 2. The van der Waals surface area contributed by atoms with E-state index < -0.39 is 35.3 Å². The number of ether oxygens (including phenoxy) is 6. The average molecular weight is 643 g/mol. The molecule has 14 nitrogen and oxygen atoms in total. The van der Waals surface area contributed by atoms with Gasteiger partial charge in [-0.15, -0.1) is 0 Å². The summed E-state index contributed by atoms with van der Waals surface area (Å²) in [5.41, 5.74) is 0.186. The fourth-order valence-electron chi connectivity index (χ4n) is 3.76. The average Bonchev–Trinajstić information content (AvgIpc) is 3.07. The van der Waals surface area contributed by atoms with Gasteiger partial charge >= 0.3 is 11.9 Å². The molecule has 2 aromatic rings. The first-order valence-electron chi connectivity index (χ1n) is 14.1. The highest BCUT2D eigenvalue weighted by Gasteiger charge is 2.24. The van der Waals surface area contributed by atoms with Gasteiger partial charge < -0.3 is 38.2 Å². The molecule has 0 atom stereocenters. The molecule has 0 aliphatic heterocycles. The van der Waals surface area contributed by atoms with Crippen molar-refractivity contribution in [3.63, 3.8) is 0 Å². The fourth-order valence-corrected chi connectivity index (χ4v) is 3.76. The van der Waals surface area contributed by atoms with Crippen molar-refractivity contribution in [1.29, 1.82) is 0 Å². The highest BCUT2D eigenvalue weighted by Crippen LogP contribution is 2.16. The molecule has 0 unspecified atom stereocenters. The zero-order valence-electron chi connectivity index (χ0n) is 26.2. The van der Waals surface area contributed by atoms with Crippen LogP contribution in [0.5, 0.6) is 11.5 Å². The number of nitrogens with zero attached hydrogens (tertiary/aromatic N) is 2. The molecular weight excluding hydrogens is 604 g/mol. The Hall–Kier alpha value is -4.76. The summed E-state index contributed by atoms with van der Waals surface area (Å²) in [6.07, 6.45) is 1.69. The first-order chi connectivity index (χ1) is 22.1. The predicted octanol–water partition coefficient (Wildman–Crippen LogP) is 1.36. The number of ketones is 2. The smallest absolute Gasteiger partial charge is 0.336 e. The van der Waals surface area contributed by atoms with E-state index in [1.165, 1.54) is 86.8 Å². The molecule has 0 aliphatic rings. The van der Waals surface area contributed by atoms with Crippen molar-refractivity contribution in [2.75, 3.05) is 81.0 Å². The molecule has 0 aromatic heterocycles. The molecule has 0 fully saturated rings. The highest BCUT2D eigenvalue weighted by molar-refractivity contribution is 6.43. The molecule has 0 bridgehead atoms. The van der Waals surface area contributed by atoms with Gasteiger partial charge in [0.2, 0.25) is 11.6 Å². The lowest BCUT2D eigenvalue weighted by molar-refractivity contribution is -0.131. The van der Waals surface area contributed by atoms with Gasteiger partial charge in [0.05, 0.1) is 26.4 Å². The van der Waals surface area contributed by atoms with Gasteiger partial charge in [-0.3, -0.25) is 19.2 Å². The van der Waals surface area contributed by atoms with Crippen LogP contribution in [0.3, 0.4) is 0 Å². The Kier molecular flexibility index (Phi) is 16.5. The van der Waals surface area contributed by atoms with Crippen molar-refractivity contribution in [3.05, 3.63) is 71.8 Å². The summed E-state index contributed by atoms with van der Waals surface area (Å²) in [5.74, 6) is -4.60. The van der Waals surface area contributed by atoms with Gasteiger partial charge in [0.25, 0.3) is 11.8 Å². The Morgan fingerprint density at radius 3 is 1.04 bits per heavy atom. The van der Waals surface area contributed by atoms with Crippen molar-refractivity contribution < 1.29 is 57.2 Å². The standard InChI is InChI=1S/C32H38N2O12/c1-41-19-15-33(16-20-42-2)31(39)29(37)23-5-9-25(10-6-23)45-27(35)13-14-28(36)46-26-11-7-24(8-12-26)30(38)32(40)34(17-21-43-3)18-22-44-4/h5-14H,15-22H2,1-4H3/b14-13+. The minimum atomic E-state index is -0.900. The minimum absolute atomic E-state index is 0.0699. The summed E-state index contributed by atoms with van der Waals surface area (Å²) < 4.78 is 30.2. The second-order valence-electron chi connectivity index (χ2n) is 9.44. The summed E-state index contributed by atoms with van der Waals surface area (Å²) in [6.45, 7) is 1.85. The van der Waals surface area contributed by atoms with E-state index in [1.54, 1.807) is 0 Å². The van der Waals surface area contributed by atoms with Crippen LogP contribution in [0, 0.1) is 0 Å². The van der Waals surface area contributed by atoms with E-state index in [-0.39, 0.29) is 75.2 Å². The van der Waals surface area contributed by atoms with E-state index in [9.17, 15) is 28.8 Å². The summed E-state index contributed by atoms with van der Waals surface area (Å²) in [6, 6.07) is 10.7. The van der Waals surface area contributed by atoms with E-state index >= 15 is 0 Å². The molecule has 0 radical (unpaired) electrons. The molecule has 0 saturated heterocycles. The molecule has 0 heterocycles. The maximum atomic E-state index is 12.7. The summed E-state index contributed by atoms with van der Waals surface area (Å²) in [5, 5.41) is 0. The molecule has 248 valence electrons. The number of carbonyl (C=O) groups is 6. The lowest BCUT2D eigenvalue weighted by Gasteiger charge is -2.21. The monoisotopic (exact) mass is 642 g/mol. The second kappa shape index (κ2) is 20.3. The van der Waals surface area contributed by atoms with E-state index in [2.05, 4.69) is 0 Å². The number of benzene rings is 2. The molecule has 0 saturated carbocycles. The SMILES string of the molecule is COCCN(CCOC)C(=O)C(=O)c1ccc(OC(=O)/C=C/C(=O)Oc2ccc(C(=O)C(=O)N(CCOC)CCOC)cc2)cc1. The van der Waals surface area contributed by atoms with E-state index in [0.29, 0.717) is 0 Å². The van der Waals surface area contributed by atoms with E-state index in [4.69, 9.17) is 28.4 Å². The van der Waals surface area contributed by atoms with Crippen LogP contribution in [0.1, 0.15) is 20.7 Å². The van der Waals surface area contributed by atoms with E-state index in [1.807, 2.05) is 0 Å². The maximum Gasteiger partial charge on any atom is 0.336 e. The largest absolute Gasteiger partial charge is 0.423 e. The zero-order chi connectivity index (χ0) is 33.9. The van der Waals surface area contributed by atoms with E-state index in [0.717, 1.165) is 12.2 Å². The van der Waals surface area contributed by atoms with Gasteiger partial charge in [-0.25, -0.2) is 9.59 Å². The maximum absolute atomic E-state index is 12.7. The fraction of sp³-hybridized carbons (Fsp3) is 0.375.